The first-order valence-electron chi connectivity index (χ1n) is 11.9. The fourth-order valence-electron chi connectivity index (χ4n) is 2.81. The summed E-state index contributed by atoms with van der Waals surface area (Å²) in [5.41, 5.74) is 6.88. The van der Waals surface area contributed by atoms with Gasteiger partial charge in [0.1, 0.15) is 0 Å². The Labute approximate surface area is 226 Å². The molecule has 0 fully saturated rings. The first-order valence-corrected chi connectivity index (χ1v) is 13.0. The average molecular weight is 559 g/mol. The Balaban J connectivity index is 0.000000405. The zero-order valence-corrected chi connectivity index (χ0v) is 25.1. The standard InChI is InChI=1S/C19H22BrNO.C12H19Cl/c1-13-11-14(5-10-17(13)20)12-21-18(22)15-6-8-16(9-7-15)19(2,3)4;1-9(11(3)13)7-8-10(2)12(4,5)6/h5-11H,12H2,1-4H3,(H,21,22);7-8H,3H2,1-2,4-6H3/b;9-7+,10-8+. The minimum absolute atomic E-state index is 0.0407. The van der Waals surface area contributed by atoms with Crippen LogP contribution in [0.15, 0.2) is 81.8 Å². The molecule has 2 aromatic rings. The van der Waals surface area contributed by atoms with Crippen LogP contribution in [0, 0.1) is 12.3 Å². The Bertz CT molecular complexity index is 1080. The Morgan fingerprint density at radius 1 is 1.00 bits per heavy atom. The summed E-state index contributed by atoms with van der Waals surface area (Å²) >= 11 is 9.22. The van der Waals surface area contributed by atoms with Crippen molar-refractivity contribution in [3.63, 3.8) is 0 Å². The van der Waals surface area contributed by atoms with Crippen LogP contribution in [0.3, 0.4) is 0 Å². The molecule has 2 nitrogen and oxygen atoms in total. The van der Waals surface area contributed by atoms with Gasteiger partial charge in [0.2, 0.25) is 0 Å². The number of allylic oxidation sites excluding steroid dienone is 5. The SMILES string of the molecule is C=C(Cl)/C(C)=C/C=C(\C)C(C)(C)C.Cc1cc(CNC(=O)c2ccc(C(C)(C)C)cc2)ccc1Br. The number of carbonyl (C=O) groups is 1. The van der Waals surface area contributed by atoms with Gasteiger partial charge >= 0.3 is 0 Å². The van der Waals surface area contributed by atoms with Crippen LogP contribution in [0.2, 0.25) is 0 Å². The average Bonchev–Trinajstić information content (AvgIpc) is 2.77. The van der Waals surface area contributed by atoms with Gasteiger partial charge in [-0.25, -0.2) is 0 Å². The predicted octanol–water partition coefficient (Wildman–Crippen LogP) is 9.66. The molecule has 1 amide bonds. The third-order valence-electron chi connectivity index (χ3n) is 5.88. The van der Waals surface area contributed by atoms with Gasteiger partial charge in [0.15, 0.2) is 0 Å². The molecule has 0 aliphatic carbocycles. The molecule has 0 aromatic heterocycles. The van der Waals surface area contributed by atoms with Gasteiger partial charge in [-0.2, -0.15) is 0 Å². The molecule has 0 aliphatic rings. The number of carbonyl (C=O) groups excluding carboxylic acids is 1. The van der Waals surface area contributed by atoms with E-state index in [9.17, 15) is 4.79 Å². The van der Waals surface area contributed by atoms with Gasteiger partial charge in [0.25, 0.3) is 5.91 Å². The molecular weight excluding hydrogens is 518 g/mol. The van der Waals surface area contributed by atoms with Gasteiger partial charge in [-0.05, 0) is 72.1 Å². The summed E-state index contributed by atoms with van der Waals surface area (Å²) in [6.07, 6.45) is 4.11. The van der Waals surface area contributed by atoms with Crippen molar-refractivity contribution in [1.82, 2.24) is 5.32 Å². The molecule has 2 rings (SSSR count). The van der Waals surface area contributed by atoms with E-state index in [2.05, 4.69) is 88.4 Å². The molecule has 0 radical (unpaired) electrons. The maximum atomic E-state index is 12.2. The molecule has 0 atom stereocenters. The van der Waals surface area contributed by atoms with Gasteiger partial charge in [-0.1, -0.05) is 118 Å². The molecule has 0 aliphatic heterocycles. The van der Waals surface area contributed by atoms with E-state index < -0.39 is 0 Å². The summed E-state index contributed by atoms with van der Waals surface area (Å²) < 4.78 is 1.08. The number of nitrogens with one attached hydrogen (secondary N) is 1. The Morgan fingerprint density at radius 3 is 2.03 bits per heavy atom. The van der Waals surface area contributed by atoms with Crippen LogP contribution in [0.25, 0.3) is 0 Å². The minimum Gasteiger partial charge on any atom is -0.348 e. The normalized spacial score (nSPS) is 12.5. The maximum absolute atomic E-state index is 12.2. The topological polar surface area (TPSA) is 29.1 Å². The van der Waals surface area contributed by atoms with Crippen LogP contribution in [0.1, 0.15) is 82.4 Å². The molecular formula is C31H41BrClNO. The predicted molar refractivity (Wildman–Crippen MR) is 157 cm³/mol. The minimum atomic E-state index is -0.0407. The lowest BCUT2D eigenvalue weighted by Gasteiger charge is -2.19. The van der Waals surface area contributed by atoms with E-state index in [4.69, 9.17) is 11.6 Å². The van der Waals surface area contributed by atoms with Gasteiger partial charge in [0, 0.05) is 21.6 Å². The molecule has 35 heavy (non-hydrogen) atoms. The summed E-state index contributed by atoms with van der Waals surface area (Å²) in [6.45, 7) is 23.4. The van der Waals surface area contributed by atoms with Crippen molar-refractivity contribution < 1.29 is 4.79 Å². The van der Waals surface area contributed by atoms with Crippen molar-refractivity contribution in [1.29, 1.82) is 0 Å². The van der Waals surface area contributed by atoms with Crippen molar-refractivity contribution in [3.8, 4) is 0 Å². The van der Waals surface area contributed by atoms with E-state index in [1.165, 1.54) is 16.7 Å². The summed E-state index contributed by atoms with van der Waals surface area (Å²) in [7, 11) is 0. The highest BCUT2D eigenvalue weighted by Crippen LogP contribution is 2.25. The summed E-state index contributed by atoms with van der Waals surface area (Å²) in [6, 6.07) is 13.9. The molecule has 2 aromatic carbocycles. The van der Waals surface area contributed by atoms with Gasteiger partial charge < -0.3 is 5.32 Å². The number of benzene rings is 2. The lowest BCUT2D eigenvalue weighted by molar-refractivity contribution is 0.0951. The molecule has 0 spiro atoms. The maximum Gasteiger partial charge on any atom is 0.251 e. The fourth-order valence-corrected chi connectivity index (χ4v) is 3.12. The summed E-state index contributed by atoms with van der Waals surface area (Å²) in [4.78, 5) is 12.2. The first kappa shape index (κ1) is 30.9. The second-order valence-electron chi connectivity index (χ2n) is 10.9. The summed E-state index contributed by atoms with van der Waals surface area (Å²) in [5, 5.41) is 3.58. The van der Waals surface area contributed by atoms with Crippen LogP contribution in [0.4, 0.5) is 0 Å². The van der Waals surface area contributed by atoms with Crippen LogP contribution in [0.5, 0.6) is 0 Å². The van der Waals surface area contributed by atoms with Crippen LogP contribution in [-0.4, -0.2) is 5.91 Å². The highest BCUT2D eigenvalue weighted by Gasteiger charge is 2.14. The van der Waals surface area contributed by atoms with E-state index in [0.29, 0.717) is 17.1 Å². The monoisotopic (exact) mass is 557 g/mol. The molecule has 190 valence electrons. The number of aryl methyl sites for hydroxylation is 1. The highest BCUT2D eigenvalue weighted by molar-refractivity contribution is 9.10. The molecule has 0 bridgehead atoms. The van der Waals surface area contributed by atoms with Crippen molar-refractivity contribution in [2.75, 3.05) is 0 Å². The van der Waals surface area contributed by atoms with E-state index in [1.807, 2.05) is 56.3 Å². The molecule has 0 saturated heterocycles. The van der Waals surface area contributed by atoms with Crippen LogP contribution in [-0.2, 0) is 12.0 Å². The third kappa shape index (κ3) is 11.0. The Hall–Kier alpha value is -2.10. The van der Waals surface area contributed by atoms with Crippen LogP contribution < -0.4 is 5.32 Å². The summed E-state index contributed by atoms with van der Waals surface area (Å²) in [5.74, 6) is -0.0407. The number of hydrogen-bond acceptors (Lipinski definition) is 1. The van der Waals surface area contributed by atoms with Crippen molar-refractivity contribution in [2.45, 2.75) is 74.3 Å². The number of hydrogen-bond donors (Lipinski definition) is 1. The quantitative estimate of drug-likeness (QED) is 0.364. The number of halogens is 2. The fraction of sp³-hybridized carbons (Fsp3) is 0.387. The number of amides is 1. The number of rotatable bonds is 5. The highest BCUT2D eigenvalue weighted by atomic mass is 79.9. The van der Waals surface area contributed by atoms with E-state index in [0.717, 1.165) is 15.6 Å². The smallest absolute Gasteiger partial charge is 0.251 e. The Morgan fingerprint density at radius 2 is 1.57 bits per heavy atom. The molecule has 4 heteroatoms. The van der Waals surface area contributed by atoms with Gasteiger partial charge in [-0.15, -0.1) is 0 Å². The second-order valence-corrected chi connectivity index (χ2v) is 12.3. The van der Waals surface area contributed by atoms with Crippen molar-refractivity contribution in [3.05, 3.63) is 104 Å². The zero-order valence-electron chi connectivity index (χ0n) is 22.8. The van der Waals surface area contributed by atoms with E-state index >= 15 is 0 Å². The van der Waals surface area contributed by atoms with Crippen molar-refractivity contribution >= 4 is 33.4 Å². The molecule has 1 N–H and O–H groups in total. The lowest BCUT2D eigenvalue weighted by Crippen LogP contribution is -2.23. The Kier molecular flexibility index (Phi) is 11.7. The van der Waals surface area contributed by atoms with Gasteiger partial charge in [0.05, 0.1) is 0 Å². The molecule has 0 saturated carbocycles. The molecule has 0 heterocycles. The zero-order chi connectivity index (χ0) is 27.0. The van der Waals surface area contributed by atoms with Crippen molar-refractivity contribution in [2.24, 2.45) is 5.41 Å². The molecule has 0 unspecified atom stereocenters. The lowest BCUT2D eigenvalue weighted by atomic mass is 9.87. The van der Waals surface area contributed by atoms with E-state index in [-0.39, 0.29) is 16.7 Å². The van der Waals surface area contributed by atoms with E-state index in [1.54, 1.807) is 0 Å². The van der Waals surface area contributed by atoms with Crippen LogP contribution >= 0.6 is 27.5 Å². The van der Waals surface area contributed by atoms with Gasteiger partial charge in [-0.3, -0.25) is 4.79 Å². The largest absolute Gasteiger partial charge is 0.348 e. The second kappa shape index (κ2) is 13.3. The third-order valence-corrected chi connectivity index (χ3v) is 7.07. The first-order chi connectivity index (χ1) is 16.0.